The lowest BCUT2D eigenvalue weighted by atomic mass is 10.1. The molecular weight excluding hydrogens is 629 g/mol. The summed E-state index contributed by atoms with van der Waals surface area (Å²) in [5, 5.41) is 19.5. The van der Waals surface area contributed by atoms with Crippen LogP contribution in [-0.2, 0) is 0 Å². The molecule has 3 saturated heterocycles. The Labute approximate surface area is 214 Å². The molecule has 0 aromatic rings. The van der Waals surface area contributed by atoms with Crippen molar-refractivity contribution in [2.24, 2.45) is 0 Å². The Morgan fingerprint density at radius 1 is 0.607 bits per heavy atom. The molecule has 168 valence electrons. The lowest BCUT2D eigenvalue weighted by Crippen LogP contribution is -3.00. The molecule has 0 amide bonds. The summed E-state index contributed by atoms with van der Waals surface area (Å²) in [7, 11) is 0. The Morgan fingerprint density at radius 3 is 1.14 bits per heavy atom. The van der Waals surface area contributed by atoms with Crippen LogP contribution in [0.5, 0.6) is 0 Å². The molecule has 3 rings (SSSR count). The van der Waals surface area contributed by atoms with Crippen LogP contribution in [0.3, 0.4) is 0 Å². The molecule has 0 saturated carbocycles. The maximum Gasteiger partial charge on any atom is 0.129 e. The van der Waals surface area contributed by atoms with Crippen molar-refractivity contribution >= 4 is 23.2 Å². The van der Waals surface area contributed by atoms with Crippen molar-refractivity contribution in [2.75, 3.05) is 103 Å². The molecule has 2 atom stereocenters. The molecule has 0 bridgehead atoms. The minimum Gasteiger partial charge on any atom is -1.00 e. The van der Waals surface area contributed by atoms with Gasteiger partial charge in [-0.2, -0.15) is 0 Å². The van der Waals surface area contributed by atoms with Crippen LogP contribution in [0.2, 0.25) is 0 Å². The number of β-amino-alcohol motifs (C(OH)–C–C–N with tert-alkyl or cyclic N) is 2. The van der Waals surface area contributed by atoms with Crippen molar-refractivity contribution in [3.8, 4) is 0 Å². The van der Waals surface area contributed by atoms with Gasteiger partial charge in [0.2, 0.25) is 0 Å². The monoisotopic (exact) mass is 664 g/mol. The summed E-state index contributed by atoms with van der Waals surface area (Å²) in [6, 6.07) is 0. The van der Waals surface area contributed by atoms with Gasteiger partial charge in [0.05, 0.1) is 38.4 Å². The summed E-state index contributed by atoms with van der Waals surface area (Å²) in [4.78, 5) is 4.74. The predicted octanol–water partition coefficient (Wildman–Crippen LogP) is -6.53. The van der Waals surface area contributed by atoms with Crippen molar-refractivity contribution in [3.63, 3.8) is 0 Å². The Bertz CT molecular complexity index is 399. The third-order valence-corrected chi connectivity index (χ3v) is 7.67. The fourth-order valence-electron chi connectivity index (χ4n) is 4.89. The van der Waals surface area contributed by atoms with Gasteiger partial charge in [0, 0.05) is 51.0 Å². The van der Waals surface area contributed by atoms with E-state index in [2.05, 4.69) is 9.80 Å². The van der Waals surface area contributed by atoms with E-state index in [1.165, 1.54) is 61.3 Å². The van der Waals surface area contributed by atoms with E-state index in [1.807, 2.05) is 0 Å². The number of hydrogen-bond donors (Lipinski definition) is 2. The minimum absolute atomic E-state index is 0. The highest BCUT2D eigenvalue weighted by atomic mass is 127. The second kappa shape index (κ2) is 12.7. The lowest BCUT2D eigenvalue weighted by Gasteiger charge is -2.54. The molecule has 28 heavy (non-hydrogen) atoms. The molecule has 3 aliphatic rings. The normalized spacial score (nSPS) is 27.0. The zero-order chi connectivity index (χ0) is 18.6. The summed E-state index contributed by atoms with van der Waals surface area (Å²) in [5.74, 6) is 0.658. The summed E-state index contributed by atoms with van der Waals surface area (Å²) in [6.07, 6.45) is -0.793. The number of hydrogen-bond acceptors (Lipinski definition) is 4. The van der Waals surface area contributed by atoms with Crippen molar-refractivity contribution in [3.05, 3.63) is 0 Å². The number of piperazine rings is 3. The van der Waals surface area contributed by atoms with Crippen LogP contribution in [0, 0.1) is 0 Å². The van der Waals surface area contributed by atoms with Crippen LogP contribution in [0.25, 0.3) is 0 Å². The molecule has 0 aromatic heterocycles. The second-order valence-electron chi connectivity index (χ2n) is 8.69. The van der Waals surface area contributed by atoms with Crippen LogP contribution in [0.1, 0.15) is 0 Å². The van der Waals surface area contributed by atoms with E-state index in [-0.39, 0.29) is 48.0 Å². The van der Waals surface area contributed by atoms with Gasteiger partial charge < -0.3 is 67.1 Å². The Morgan fingerprint density at radius 2 is 0.893 bits per heavy atom. The SMILES string of the molecule is OC(CCl)CN1CC[N+]2(CC1)CC[N+]1(CCN(CC(O)CCl)CC1)CC2.[I-].[I-]. The molecule has 2 N–H and O–H groups in total. The highest BCUT2D eigenvalue weighted by Crippen LogP contribution is 2.24. The molecule has 2 unspecified atom stereocenters. The smallest absolute Gasteiger partial charge is 0.129 e. The molecule has 3 fully saturated rings. The van der Waals surface area contributed by atoms with E-state index in [0.29, 0.717) is 24.8 Å². The fraction of sp³-hybridized carbons (Fsp3) is 1.00. The molecular formula is C18H36Cl2I2N4O2. The topological polar surface area (TPSA) is 46.9 Å². The van der Waals surface area contributed by atoms with E-state index in [4.69, 9.17) is 23.2 Å². The van der Waals surface area contributed by atoms with Gasteiger partial charge in [-0.15, -0.1) is 23.2 Å². The van der Waals surface area contributed by atoms with Crippen LogP contribution < -0.4 is 48.0 Å². The van der Waals surface area contributed by atoms with Gasteiger partial charge >= 0.3 is 0 Å². The van der Waals surface area contributed by atoms with Crippen LogP contribution in [-0.4, -0.2) is 145 Å². The maximum atomic E-state index is 9.76. The summed E-state index contributed by atoms with van der Waals surface area (Å²) < 4.78 is 2.53. The standard InChI is InChI=1S/C18H36Cl2N4O2.2HI/c19-13-17(25)15-21-1-5-23(6-2-21)9-11-24(12-10-23)7-3-22(4-8-24)16-18(26)14-20;;/h17-18,25-26H,1-16H2;2*1H/q+2;;/p-2. The van der Waals surface area contributed by atoms with Crippen LogP contribution in [0.15, 0.2) is 0 Å². The number of halogens is 4. The van der Waals surface area contributed by atoms with Crippen molar-refractivity contribution in [2.45, 2.75) is 12.2 Å². The number of aliphatic hydroxyl groups is 2. The van der Waals surface area contributed by atoms with Crippen LogP contribution >= 0.6 is 23.2 Å². The van der Waals surface area contributed by atoms with Gasteiger partial charge in [0.15, 0.2) is 0 Å². The van der Waals surface area contributed by atoms with Gasteiger partial charge in [-0.1, -0.05) is 0 Å². The van der Waals surface area contributed by atoms with Crippen LogP contribution in [0.4, 0.5) is 0 Å². The number of aliphatic hydroxyl groups excluding tert-OH is 2. The zero-order valence-electron chi connectivity index (χ0n) is 16.7. The zero-order valence-corrected chi connectivity index (χ0v) is 22.5. The first-order chi connectivity index (χ1) is 12.5. The van der Waals surface area contributed by atoms with Crippen molar-refractivity contribution < 1.29 is 67.1 Å². The molecule has 3 heterocycles. The highest BCUT2D eigenvalue weighted by molar-refractivity contribution is 6.18. The second-order valence-corrected chi connectivity index (χ2v) is 9.31. The Balaban J connectivity index is 0.00000196. The average molecular weight is 665 g/mol. The number of nitrogens with zero attached hydrogens (tertiary/aromatic N) is 4. The summed E-state index contributed by atoms with van der Waals surface area (Å²) in [5.41, 5.74) is 0. The van der Waals surface area contributed by atoms with Crippen molar-refractivity contribution in [1.82, 2.24) is 9.80 Å². The van der Waals surface area contributed by atoms with Gasteiger partial charge in [-0.05, 0) is 0 Å². The Hall–Kier alpha value is 1.80. The quantitative estimate of drug-likeness (QED) is 0.169. The third-order valence-electron chi connectivity index (χ3n) is 6.95. The number of alkyl halides is 2. The van der Waals surface area contributed by atoms with E-state index in [9.17, 15) is 10.2 Å². The summed E-state index contributed by atoms with van der Waals surface area (Å²) in [6.45, 7) is 15.8. The third kappa shape index (κ3) is 7.44. The first kappa shape index (κ1) is 27.8. The van der Waals surface area contributed by atoms with E-state index in [1.54, 1.807) is 0 Å². The molecule has 6 nitrogen and oxygen atoms in total. The molecule has 2 spiro atoms. The van der Waals surface area contributed by atoms with E-state index < -0.39 is 12.2 Å². The lowest BCUT2D eigenvalue weighted by molar-refractivity contribution is -1.03. The van der Waals surface area contributed by atoms with Gasteiger partial charge in [-0.25, -0.2) is 0 Å². The number of quaternary nitrogens is 2. The van der Waals surface area contributed by atoms with Gasteiger partial charge in [-0.3, -0.25) is 9.80 Å². The molecule has 0 radical (unpaired) electrons. The first-order valence-electron chi connectivity index (χ1n) is 10.1. The number of rotatable bonds is 6. The van der Waals surface area contributed by atoms with Crippen molar-refractivity contribution in [1.29, 1.82) is 0 Å². The Kier molecular flexibility index (Phi) is 12.7. The maximum absolute atomic E-state index is 9.76. The molecule has 0 aliphatic carbocycles. The van der Waals surface area contributed by atoms with E-state index in [0.717, 1.165) is 26.2 Å². The minimum atomic E-state index is -0.396. The molecule has 10 heteroatoms. The predicted molar refractivity (Wildman–Crippen MR) is 106 cm³/mol. The molecule has 3 aliphatic heterocycles. The van der Waals surface area contributed by atoms with Gasteiger partial charge in [0.25, 0.3) is 0 Å². The molecule has 0 aromatic carbocycles. The average Bonchev–Trinajstić information content (AvgIpc) is 2.68. The highest BCUT2D eigenvalue weighted by Gasteiger charge is 2.45. The summed E-state index contributed by atoms with van der Waals surface area (Å²) >= 11 is 11.5. The van der Waals surface area contributed by atoms with E-state index >= 15 is 0 Å². The first-order valence-corrected chi connectivity index (χ1v) is 11.2. The van der Waals surface area contributed by atoms with Gasteiger partial charge in [0.1, 0.15) is 26.2 Å². The fourth-order valence-corrected chi connectivity index (χ4v) is 5.08. The largest absolute Gasteiger partial charge is 1.00 e.